The average Bonchev–Trinajstić information content (AvgIpc) is 2.58. The molecule has 1 fully saturated rings. The van der Waals surface area contributed by atoms with E-state index in [1.54, 1.807) is 6.07 Å². The standard InChI is InChI=1S/C20H24ClN3O/c1-15-7-9-17(10-8-15)24-12-11-23(13-16(24)2)14-20(25)22-19-6-4-3-5-18(19)21/h3-10,16H,11-14H2,1-2H3,(H,22,25)/t16-/m1/s1. The van der Waals surface area contributed by atoms with E-state index in [1.165, 1.54) is 11.3 Å². The van der Waals surface area contributed by atoms with Crippen LogP contribution in [0.25, 0.3) is 0 Å². The molecule has 3 rings (SSSR count). The van der Waals surface area contributed by atoms with Crippen LogP contribution < -0.4 is 10.2 Å². The molecule has 1 atom stereocenters. The summed E-state index contributed by atoms with van der Waals surface area (Å²) in [5.41, 5.74) is 3.19. The Morgan fingerprint density at radius 1 is 1.16 bits per heavy atom. The molecule has 25 heavy (non-hydrogen) atoms. The third-order valence-electron chi connectivity index (χ3n) is 4.59. The number of rotatable bonds is 4. The lowest BCUT2D eigenvalue weighted by atomic mass is 10.1. The van der Waals surface area contributed by atoms with Crippen molar-refractivity contribution in [2.45, 2.75) is 19.9 Å². The van der Waals surface area contributed by atoms with Crippen molar-refractivity contribution in [1.29, 1.82) is 0 Å². The van der Waals surface area contributed by atoms with Crippen molar-refractivity contribution < 1.29 is 4.79 Å². The summed E-state index contributed by atoms with van der Waals surface area (Å²) in [6, 6.07) is 16.3. The number of hydrogen-bond donors (Lipinski definition) is 1. The number of nitrogens with one attached hydrogen (secondary N) is 1. The van der Waals surface area contributed by atoms with Gasteiger partial charge in [-0.3, -0.25) is 9.69 Å². The number of hydrogen-bond acceptors (Lipinski definition) is 3. The van der Waals surface area contributed by atoms with Crippen LogP contribution in [0.1, 0.15) is 12.5 Å². The van der Waals surface area contributed by atoms with Crippen LogP contribution in [0.2, 0.25) is 5.02 Å². The van der Waals surface area contributed by atoms with Crippen LogP contribution in [0.15, 0.2) is 48.5 Å². The van der Waals surface area contributed by atoms with Crippen LogP contribution in [-0.4, -0.2) is 43.0 Å². The normalized spacial score (nSPS) is 18.2. The Morgan fingerprint density at radius 2 is 1.88 bits per heavy atom. The van der Waals surface area contributed by atoms with E-state index in [-0.39, 0.29) is 5.91 Å². The molecule has 1 heterocycles. The maximum absolute atomic E-state index is 12.3. The van der Waals surface area contributed by atoms with Gasteiger partial charge in [0, 0.05) is 31.4 Å². The summed E-state index contributed by atoms with van der Waals surface area (Å²) in [6.07, 6.45) is 0. The van der Waals surface area contributed by atoms with Gasteiger partial charge < -0.3 is 10.2 Å². The molecule has 2 aromatic carbocycles. The molecule has 0 saturated carbocycles. The molecule has 1 amide bonds. The summed E-state index contributed by atoms with van der Waals surface area (Å²) in [4.78, 5) is 16.9. The monoisotopic (exact) mass is 357 g/mol. The van der Waals surface area contributed by atoms with Crippen LogP contribution in [0.4, 0.5) is 11.4 Å². The quantitative estimate of drug-likeness (QED) is 0.904. The molecule has 0 bridgehead atoms. The minimum absolute atomic E-state index is 0.0240. The van der Waals surface area contributed by atoms with Gasteiger partial charge in [-0.25, -0.2) is 0 Å². The van der Waals surface area contributed by atoms with E-state index in [4.69, 9.17) is 11.6 Å². The number of carbonyl (C=O) groups is 1. The highest BCUT2D eigenvalue weighted by atomic mass is 35.5. The summed E-state index contributed by atoms with van der Waals surface area (Å²) in [6.45, 7) is 7.35. The van der Waals surface area contributed by atoms with Gasteiger partial charge in [0.2, 0.25) is 5.91 Å². The highest BCUT2D eigenvalue weighted by molar-refractivity contribution is 6.33. The molecule has 0 radical (unpaired) electrons. The molecule has 1 saturated heterocycles. The summed E-state index contributed by atoms with van der Waals surface area (Å²) in [5.74, 6) is -0.0240. The Kier molecular flexibility index (Phi) is 5.61. The third-order valence-corrected chi connectivity index (χ3v) is 4.92. The fraction of sp³-hybridized carbons (Fsp3) is 0.350. The minimum atomic E-state index is -0.0240. The second kappa shape index (κ2) is 7.89. The largest absolute Gasteiger partial charge is 0.366 e. The number of anilines is 2. The summed E-state index contributed by atoms with van der Waals surface area (Å²) < 4.78 is 0. The van der Waals surface area contributed by atoms with Crippen molar-refractivity contribution in [3.63, 3.8) is 0 Å². The molecular weight excluding hydrogens is 334 g/mol. The Morgan fingerprint density at radius 3 is 2.56 bits per heavy atom. The minimum Gasteiger partial charge on any atom is -0.366 e. The highest BCUT2D eigenvalue weighted by Crippen LogP contribution is 2.22. The van der Waals surface area contributed by atoms with Crippen molar-refractivity contribution >= 4 is 28.9 Å². The highest BCUT2D eigenvalue weighted by Gasteiger charge is 2.25. The predicted octanol–water partition coefficient (Wildman–Crippen LogP) is 3.80. The van der Waals surface area contributed by atoms with E-state index < -0.39 is 0 Å². The van der Waals surface area contributed by atoms with Crippen molar-refractivity contribution in [2.75, 3.05) is 36.4 Å². The number of amides is 1. The molecule has 0 aliphatic carbocycles. The second-order valence-corrected chi connectivity index (χ2v) is 7.05. The summed E-state index contributed by atoms with van der Waals surface area (Å²) >= 11 is 6.10. The van der Waals surface area contributed by atoms with E-state index in [2.05, 4.69) is 53.2 Å². The Bertz CT molecular complexity index is 732. The average molecular weight is 358 g/mol. The van der Waals surface area contributed by atoms with E-state index in [1.807, 2.05) is 18.2 Å². The van der Waals surface area contributed by atoms with E-state index in [0.717, 1.165) is 19.6 Å². The second-order valence-electron chi connectivity index (χ2n) is 6.64. The SMILES string of the molecule is Cc1ccc(N2CCN(CC(=O)Nc3ccccc3Cl)C[C@H]2C)cc1. The molecule has 1 aliphatic heterocycles. The lowest BCUT2D eigenvalue weighted by Gasteiger charge is -2.41. The number of piperazine rings is 1. The lowest BCUT2D eigenvalue weighted by Crippen LogP contribution is -2.53. The van der Waals surface area contributed by atoms with Gasteiger partial charge in [0.1, 0.15) is 0 Å². The maximum atomic E-state index is 12.3. The van der Waals surface area contributed by atoms with Crippen LogP contribution >= 0.6 is 11.6 Å². The first kappa shape index (κ1) is 17.8. The van der Waals surface area contributed by atoms with Crippen molar-refractivity contribution in [1.82, 2.24) is 4.90 Å². The fourth-order valence-electron chi connectivity index (χ4n) is 3.25. The van der Waals surface area contributed by atoms with Crippen LogP contribution in [0.5, 0.6) is 0 Å². The Balaban J connectivity index is 1.55. The molecule has 1 N–H and O–H groups in total. The van der Waals surface area contributed by atoms with Gasteiger partial charge in [0.25, 0.3) is 0 Å². The van der Waals surface area contributed by atoms with Gasteiger partial charge in [-0.15, -0.1) is 0 Å². The Hall–Kier alpha value is -2.04. The molecule has 2 aromatic rings. The molecule has 0 aromatic heterocycles. The number of carbonyl (C=O) groups excluding carboxylic acids is 1. The summed E-state index contributed by atoms with van der Waals surface area (Å²) in [7, 11) is 0. The van der Waals surface area contributed by atoms with Gasteiger partial charge in [0.15, 0.2) is 0 Å². The Labute approximate surface area is 154 Å². The number of benzene rings is 2. The maximum Gasteiger partial charge on any atom is 0.238 e. The first-order valence-electron chi connectivity index (χ1n) is 8.63. The molecule has 5 heteroatoms. The number of para-hydroxylation sites is 1. The fourth-order valence-corrected chi connectivity index (χ4v) is 3.43. The van der Waals surface area contributed by atoms with Gasteiger partial charge in [-0.2, -0.15) is 0 Å². The first-order valence-corrected chi connectivity index (χ1v) is 9.01. The van der Waals surface area contributed by atoms with Gasteiger partial charge in [0.05, 0.1) is 17.3 Å². The third kappa shape index (κ3) is 4.53. The zero-order valence-corrected chi connectivity index (χ0v) is 15.5. The van der Waals surface area contributed by atoms with E-state index >= 15 is 0 Å². The zero-order valence-electron chi connectivity index (χ0n) is 14.7. The first-order chi connectivity index (χ1) is 12.0. The van der Waals surface area contributed by atoms with Crippen LogP contribution in [-0.2, 0) is 4.79 Å². The van der Waals surface area contributed by atoms with Crippen LogP contribution in [0.3, 0.4) is 0 Å². The van der Waals surface area contributed by atoms with Crippen molar-refractivity contribution in [3.05, 3.63) is 59.1 Å². The molecule has 0 unspecified atom stereocenters. The summed E-state index contributed by atoms with van der Waals surface area (Å²) in [5, 5.41) is 3.46. The van der Waals surface area contributed by atoms with E-state index in [0.29, 0.717) is 23.3 Å². The molecule has 132 valence electrons. The smallest absolute Gasteiger partial charge is 0.238 e. The van der Waals surface area contributed by atoms with Crippen molar-refractivity contribution in [2.24, 2.45) is 0 Å². The predicted molar refractivity (Wildman–Crippen MR) is 105 cm³/mol. The number of nitrogens with zero attached hydrogens (tertiary/aromatic N) is 2. The number of aryl methyl sites for hydroxylation is 1. The van der Waals surface area contributed by atoms with Crippen molar-refractivity contribution in [3.8, 4) is 0 Å². The van der Waals surface area contributed by atoms with Gasteiger partial charge in [-0.1, -0.05) is 41.4 Å². The lowest BCUT2D eigenvalue weighted by molar-refractivity contribution is -0.117. The molecule has 4 nitrogen and oxygen atoms in total. The van der Waals surface area contributed by atoms with E-state index in [9.17, 15) is 4.79 Å². The molecule has 0 spiro atoms. The van der Waals surface area contributed by atoms with Gasteiger partial charge in [-0.05, 0) is 38.1 Å². The zero-order chi connectivity index (χ0) is 17.8. The molecule has 1 aliphatic rings. The topological polar surface area (TPSA) is 35.6 Å². The molecular formula is C20H24ClN3O. The van der Waals surface area contributed by atoms with Gasteiger partial charge >= 0.3 is 0 Å². The van der Waals surface area contributed by atoms with Crippen LogP contribution in [0, 0.1) is 6.92 Å². The number of halogens is 1.